The van der Waals surface area contributed by atoms with Crippen molar-refractivity contribution in [2.45, 2.75) is 31.1 Å². The second kappa shape index (κ2) is 15.1. The Bertz CT molecular complexity index is 1940. The summed E-state index contributed by atoms with van der Waals surface area (Å²) in [6.45, 7) is 0. The van der Waals surface area contributed by atoms with Crippen molar-refractivity contribution in [2.24, 2.45) is 22.9 Å². The van der Waals surface area contributed by atoms with Crippen LogP contribution in [-0.4, -0.2) is 43.3 Å². The molecule has 4 amide bonds. The summed E-state index contributed by atoms with van der Waals surface area (Å²) in [6.07, 6.45) is -2.40. The average molecular weight is 729 g/mol. The molecule has 0 aliphatic carbocycles. The van der Waals surface area contributed by atoms with Crippen LogP contribution < -0.4 is 22.9 Å². The molecule has 4 aromatic rings. The van der Waals surface area contributed by atoms with Crippen molar-refractivity contribution in [3.05, 3.63) is 158 Å². The number of hydrogen-bond donors (Lipinski definition) is 4. The van der Waals surface area contributed by atoms with Gasteiger partial charge in [-0.05, 0) is 22.3 Å². The molecule has 4 aromatic carbocycles. The van der Waals surface area contributed by atoms with E-state index in [1.54, 1.807) is 0 Å². The van der Waals surface area contributed by atoms with Gasteiger partial charge >= 0.3 is 0 Å². The highest BCUT2D eigenvalue weighted by molar-refractivity contribution is 5.81. The maximum absolute atomic E-state index is 12.4. The molecule has 0 atom stereocenters. The van der Waals surface area contributed by atoms with Crippen LogP contribution in [0.15, 0.2) is 72.8 Å². The van der Waals surface area contributed by atoms with Gasteiger partial charge in [0.15, 0.2) is 0 Å². The third kappa shape index (κ3) is 7.90. The molecule has 0 aromatic heterocycles. The van der Waals surface area contributed by atoms with Crippen molar-refractivity contribution in [3.8, 4) is 0 Å². The molecule has 0 spiro atoms. The first-order valence-electron chi connectivity index (χ1n) is 15.1. The summed E-state index contributed by atoms with van der Waals surface area (Å²) in [4.78, 5) is 93.6. The fourth-order valence-corrected chi connectivity index (χ4v) is 6.22. The van der Waals surface area contributed by atoms with Gasteiger partial charge in [-0.15, -0.1) is 0 Å². The molecule has 0 aliphatic rings. The van der Waals surface area contributed by atoms with E-state index in [1.807, 2.05) is 0 Å². The number of primary amides is 4. The number of carbonyl (C=O) groups excluding carboxylic acids is 4. The Labute approximate surface area is 297 Å². The number of amides is 4. The lowest BCUT2D eigenvalue weighted by molar-refractivity contribution is -0.385. The van der Waals surface area contributed by atoms with Crippen LogP contribution in [0.5, 0.6) is 0 Å². The zero-order valence-corrected chi connectivity index (χ0v) is 27.3. The van der Waals surface area contributed by atoms with Gasteiger partial charge in [0, 0.05) is 46.5 Å². The largest absolute Gasteiger partial charge is 0.369 e. The number of nitro benzene ring substituents is 4. The van der Waals surface area contributed by atoms with Crippen LogP contribution in [0.1, 0.15) is 44.5 Å². The van der Waals surface area contributed by atoms with E-state index in [1.165, 1.54) is 24.3 Å². The van der Waals surface area contributed by atoms with Gasteiger partial charge in [0.05, 0.1) is 50.8 Å². The summed E-state index contributed by atoms with van der Waals surface area (Å²) in [6, 6.07) is 13.6. The van der Waals surface area contributed by atoms with Crippen LogP contribution in [0.4, 0.5) is 22.7 Å². The number of carbonyl (C=O) groups is 4. The second-order valence-corrected chi connectivity index (χ2v) is 11.7. The number of nitrogens with zero attached hydrogens (tertiary/aromatic N) is 4. The maximum Gasteiger partial charge on any atom is 0.273 e. The van der Waals surface area contributed by atoms with Gasteiger partial charge in [0.2, 0.25) is 23.6 Å². The van der Waals surface area contributed by atoms with Crippen LogP contribution in [0, 0.1) is 40.5 Å². The van der Waals surface area contributed by atoms with Crippen molar-refractivity contribution in [1.29, 1.82) is 0 Å². The highest BCUT2D eigenvalue weighted by Crippen LogP contribution is 2.49. The Morgan fingerprint density at radius 1 is 0.415 bits per heavy atom. The van der Waals surface area contributed by atoms with Crippen molar-refractivity contribution in [1.82, 2.24) is 0 Å². The molecule has 0 radical (unpaired) electrons. The molecule has 4 rings (SSSR count). The smallest absolute Gasteiger partial charge is 0.273 e. The third-order valence-corrected chi connectivity index (χ3v) is 8.32. The summed E-state index contributed by atoms with van der Waals surface area (Å²) in [7, 11) is 0. The molecule has 0 fully saturated rings. The molecule has 0 saturated carbocycles. The highest BCUT2D eigenvalue weighted by atomic mass is 16.6. The molecule has 0 bridgehead atoms. The number of nitrogens with two attached hydrogens (primary N) is 4. The highest BCUT2D eigenvalue weighted by Gasteiger charge is 2.43. The molecule has 0 saturated heterocycles. The van der Waals surface area contributed by atoms with Gasteiger partial charge in [0.25, 0.3) is 22.7 Å². The van der Waals surface area contributed by atoms with Crippen LogP contribution in [0.3, 0.4) is 0 Å². The lowest BCUT2D eigenvalue weighted by atomic mass is 9.64. The van der Waals surface area contributed by atoms with Gasteiger partial charge in [-0.2, -0.15) is 0 Å². The van der Waals surface area contributed by atoms with E-state index in [-0.39, 0.29) is 44.5 Å². The molecule has 0 heterocycles. The minimum absolute atomic E-state index is 0.150. The Balaban J connectivity index is 2.35. The van der Waals surface area contributed by atoms with E-state index in [0.29, 0.717) is 0 Å². The standard InChI is InChI=1S/C33H28N8O12/c34-29(42)9-17-1-5-21(13-25(17)38(46)47)33(22-6-2-18(10-30(35)43)26(14-22)39(48)49,23-7-3-19(11-31(36)44)27(15-23)40(50)51)24-8-4-20(12-32(37)45)28(16-24)41(52)53/h1-8,13-16H,9-12H2,(H2,34,42)(H2,35,43)(H2,36,44)(H2,37,45). The van der Waals surface area contributed by atoms with Crippen LogP contribution in [0.2, 0.25) is 0 Å². The second-order valence-electron chi connectivity index (χ2n) is 11.7. The van der Waals surface area contributed by atoms with E-state index in [4.69, 9.17) is 22.9 Å². The predicted octanol–water partition coefficient (Wildman–Crippen LogP) is 1.81. The quantitative estimate of drug-likeness (QED) is 0.0729. The zero-order chi connectivity index (χ0) is 39.4. The summed E-state index contributed by atoms with van der Waals surface area (Å²) in [5.74, 6) is -3.74. The van der Waals surface area contributed by atoms with Crippen LogP contribution in [0.25, 0.3) is 0 Å². The van der Waals surface area contributed by atoms with E-state index in [2.05, 4.69) is 0 Å². The van der Waals surface area contributed by atoms with Gasteiger partial charge < -0.3 is 22.9 Å². The minimum Gasteiger partial charge on any atom is -0.369 e. The lowest BCUT2D eigenvalue weighted by Gasteiger charge is -2.36. The van der Waals surface area contributed by atoms with Crippen LogP contribution >= 0.6 is 0 Å². The van der Waals surface area contributed by atoms with Crippen molar-refractivity contribution < 1.29 is 38.9 Å². The lowest BCUT2D eigenvalue weighted by Crippen LogP contribution is -2.32. The molecule has 0 unspecified atom stereocenters. The number of nitro groups is 4. The Kier molecular flexibility index (Phi) is 10.9. The summed E-state index contributed by atoms with van der Waals surface area (Å²) >= 11 is 0. The number of hydrogen-bond acceptors (Lipinski definition) is 12. The minimum atomic E-state index is -2.18. The molecular formula is C33H28N8O12. The van der Waals surface area contributed by atoms with Gasteiger partial charge in [-0.25, -0.2) is 0 Å². The van der Waals surface area contributed by atoms with E-state index in [0.717, 1.165) is 48.5 Å². The van der Waals surface area contributed by atoms with Crippen molar-refractivity contribution in [3.63, 3.8) is 0 Å². The third-order valence-electron chi connectivity index (χ3n) is 8.32. The van der Waals surface area contributed by atoms with E-state index >= 15 is 0 Å². The SMILES string of the molecule is NC(=O)Cc1ccc(C(c2ccc(CC(N)=O)c([N+](=O)[O-])c2)(c2ccc(CC(N)=O)c([N+](=O)[O-])c2)c2ccc(CC(N)=O)c([N+](=O)[O-])c2)cc1[N+](=O)[O-]. The predicted molar refractivity (Wildman–Crippen MR) is 183 cm³/mol. The molecule has 20 nitrogen and oxygen atoms in total. The first kappa shape index (κ1) is 38.2. The molecule has 0 aliphatic heterocycles. The summed E-state index contributed by atoms with van der Waals surface area (Å²) < 4.78 is 0. The summed E-state index contributed by atoms with van der Waals surface area (Å²) in [5, 5.41) is 49.7. The van der Waals surface area contributed by atoms with Crippen LogP contribution in [-0.2, 0) is 50.3 Å². The monoisotopic (exact) mass is 728 g/mol. The van der Waals surface area contributed by atoms with Gasteiger partial charge in [0.1, 0.15) is 0 Å². The summed E-state index contributed by atoms with van der Waals surface area (Å²) in [5.41, 5.74) is 15.2. The molecular weight excluding hydrogens is 700 g/mol. The number of benzene rings is 4. The zero-order valence-electron chi connectivity index (χ0n) is 27.3. The molecule has 8 N–H and O–H groups in total. The average Bonchev–Trinajstić information content (AvgIpc) is 3.05. The van der Waals surface area contributed by atoms with Gasteiger partial charge in [-0.3, -0.25) is 59.6 Å². The first-order chi connectivity index (χ1) is 24.9. The molecule has 20 heteroatoms. The van der Waals surface area contributed by atoms with Crippen molar-refractivity contribution >= 4 is 46.4 Å². The topological polar surface area (TPSA) is 345 Å². The molecule has 53 heavy (non-hydrogen) atoms. The molecule has 272 valence electrons. The first-order valence-corrected chi connectivity index (χ1v) is 15.1. The fourth-order valence-electron chi connectivity index (χ4n) is 6.22. The van der Waals surface area contributed by atoms with E-state index < -0.39 is 97.2 Å². The van der Waals surface area contributed by atoms with Crippen molar-refractivity contribution in [2.75, 3.05) is 0 Å². The number of rotatable bonds is 16. The maximum atomic E-state index is 12.4. The normalized spacial score (nSPS) is 11.0. The van der Waals surface area contributed by atoms with E-state index in [9.17, 15) is 59.6 Å². The Morgan fingerprint density at radius 2 is 0.604 bits per heavy atom. The Hall–Kier alpha value is -7.64. The Morgan fingerprint density at radius 3 is 0.755 bits per heavy atom. The van der Waals surface area contributed by atoms with Gasteiger partial charge in [-0.1, -0.05) is 48.5 Å². The fraction of sp³-hybridized carbons (Fsp3) is 0.152.